The number of alkyl halides is 1. The molecule has 0 aliphatic heterocycles. The lowest BCUT2D eigenvalue weighted by molar-refractivity contribution is -0.116. The van der Waals surface area contributed by atoms with Gasteiger partial charge in [-0.1, -0.05) is 36.4 Å². The highest BCUT2D eigenvalue weighted by Crippen LogP contribution is 2.24. The molecule has 0 fully saturated rings. The lowest BCUT2D eigenvalue weighted by Crippen LogP contribution is -2.18. The Morgan fingerprint density at radius 2 is 1.84 bits per heavy atom. The van der Waals surface area contributed by atoms with Crippen LogP contribution in [0.5, 0.6) is 0 Å². The van der Waals surface area contributed by atoms with E-state index in [1.807, 2.05) is 18.2 Å². The fourth-order valence-corrected chi connectivity index (χ4v) is 1.91. The summed E-state index contributed by atoms with van der Waals surface area (Å²) in [5.41, 5.74) is 1.54. The van der Waals surface area contributed by atoms with Crippen molar-refractivity contribution < 1.29 is 9.18 Å². The number of amides is 1. The lowest BCUT2D eigenvalue weighted by Gasteiger charge is -2.12. The van der Waals surface area contributed by atoms with E-state index in [4.69, 9.17) is 11.6 Å². The molecule has 0 saturated carbocycles. The standard InChI is InChI=1S/C15H13ClFNO/c1-10-12(17)8-5-9-13(10)18-15(19)14(16)11-6-3-2-4-7-11/h2-9,14H,1H3,(H,18,19). The third kappa shape index (κ3) is 3.12. The number of nitrogens with one attached hydrogen (secondary N) is 1. The zero-order chi connectivity index (χ0) is 13.8. The van der Waals surface area contributed by atoms with Crippen LogP contribution in [0.4, 0.5) is 10.1 Å². The number of hydrogen-bond donors (Lipinski definition) is 1. The van der Waals surface area contributed by atoms with Crippen molar-refractivity contribution in [1.82, 2.24) is 0 Å². The molecule has 0 aliphatic carbocycles. The largest absolute Gasteiger partial charge is 0.324 e. The first-order chi connectivity index (χ1) is 9.09. The number of carbonyl (C=O) groups is 1. The molecule has 2 rings (SSSR count). The van der Waals surface area contributed by atoms with E-state index >= 15 is 0 Å². The molecule has 0 heterocycles. The molecule has 0 saturated heterocycles. The third-order valence-electron chi connectivity index (χ3n) is 2.85. The van der Waals surface area contributed by atoms with E-state index < -0.39 is 5.38 Å². The zero-order valence-electron chi connectivity index (χ0n) is 10.4. The normalized spacial score (nSPS) is 11.9. The number of anilines is 1. The molecule has 2 nitrogen and oxygen atoms in total. The van der Waals surface area contributed by atoms with Gasteiger partial charge in [0.25, 0.3) is 0 Å². The summed E-state index contributed by atoms with van der Waals surface area (Å²) < 4.78 is 13.4. The van der Waals surface area contributed by atoms with Crippen LogP contribution >= 0.6 is 11.6 Å². The summed E-state index contributed by atoms with van der Waals surface area (Å²) in [6.07, 6.45) is 0. The molecule has 0 radical (unpaired) electrons. The number of carbonyl (C=O) groups excluding carboxylic acids is 1. The van der Waals surface area contributed by atoms with Crippen LogP contribution in [0, 0.1) is 12.7 Å². The first-order valence-corrected chi connectivity index (χ1v) is 6.28. The molecule has 98 valence electrons. The fraction of sp³-hybridized carbons (Fsp3) is 0.133. The highest BCUT2D eigenvalue weighted by atomic mass is 35.5. The van der Waals surface area contributed by atoms with Crippen molar-refractivity contribution in [3.8, 4) is 0 Å². The van der Waals surface area contributed by atoms with E-state index in [9.17, 15) is 9.18 Å². The van der Waals surface area contributed by atoms with Crippen molar-refractivity contribution in [1.29, 1.82) is 0 Å². The molecule has 19 heavy (non-hydrogen) atoms. The molecule has 1 N–H and O–H groups in total. The zero-order valence-corrected chi connectivity index (χ0v) is 11.1. The number of benzene rings is 2. The minimum atomic E-state index is -0.802. The average molecular weight is 278 g/mol. The molecule has 1 amide bonds. The van der Waals surface area contributed by atoms with E-state index in [1.165, 1.54) is 6.07 Å². The number of halogens is 2. The molecule has 1 unspecified atom stereocenters. The van der Waals surface area contributed by atoms with Gasteiger partial charge in [0.15, 0.2) is 0 Å². The second-order valence-corrected chi connectivity index (χ2v) is 4.61. The minimum absolute atomic E-state index is 0.358. The molecular formula is C15H13ClFNO. The molecule has 0 aromatic heterocycles. The Bertz CT molecular complexity index is 586. The Morgan fingerprint density at radius 3 is 2.53 bits per heavy atom. The summed E-state index contributed by atoms with van der Waals surface area (Å²) in [5.74, 6) is -0.731. The van der Waals surface area contributed by atoms with Gasteiger partial charge >= 0.3 is 0 Å². The fourth-order valence-electron chi connectivity index (χ4n) is 1.71. The van der Waals surface area contributed by atoms with Gasteiger partial charge in [-0.25, -0.2) is 4.39 Å². The molecule has 2 aromatic carbocycles. The Hall–Kier alpha value is -1.87. The van der Waals surface area contributed by atoms with E-state index in [0.29, 0.717) is 16.8 Å². The molecule has 1 atom stereocenters. The number of hydrogen-bond acceptors (Lipinski definition) is 1. The minimum Gasteiger partial charge on any atom is -0.324 e. The van der Waals surface area contributed by atoms with E-state index in [0.717, 1.165) is 0 Å². The highest BCUT2D eigenvalue weighted by Gasteiger charge is 2.18. The van der Waals surface area contributed by atoms with Crippen LogP contribution in [0.25, 0.3) is 0 Å². The molecule has 4 heteroatoms. The summed E-state index contributed by atoms with van der Waals surface area (Å²) >= 11 is 6.09. The SMILES string of the molecule is Cc1c(F)cccc1NC(=O)C(Cl)c1ccccc1. The monoisotopic (exact) mass is 277 g/mol. The maximum Gasteiger partial charge on any atom is 0.246 e. The summed E-state index contributed by atoms with van der Waals surface area (Å²) in [4.78, 5) is 12.0. The summed E-state index contributed by atoms with van der Waals surface area (Å²) in [5, 5.41) is 1.84. The van der Waals surface area contributed by atoms with Crippen LogP contribution < -0.4 is 5.32 Å². The quantitative estimate of drug-likeness (QED) is 0.843. The Labute approximate surface area is 116 Å². The van der Waals surface area contributed by atoms with Crippen molar-refractivity contribution in [2.24, 2.45) is 0 Å². The van der Waals surface area contributed by atoms with Crippen molar-refractivity contribution in [3.63, 3.8) is 0 Å². The van der Waals surface area contributed by atoms with Gasteiger partial charge in [0.1, 0.15) is 11.2 Å². The van der Waals surface area contributed by atoms with Crippen LogP contribution in [0.15, 0.2) is 48.5 Å². The molecular weight excluding hydrogens is 265 g/mol. The maximum atomic E-state index is 13.4. The summed E-state index contributed by atoms with van der Waals surface area (Å²) in [6.45, 7) is 1.61. The van der Waals surface area contributed by atoms with Crippen LogP contribution in [-0.4, -0.2) is 5.91 Å². The van der Waals surface area contributed by atoms with Gasteiger partial charge in [-0.05, 0) is 24.6 Å². The Balaban J connectivity index is 2.15. The second kappa shape index (κ2) is 5.85. The number of rotatable bonds is 3. The van der Waals surface area contributed by atoms with Gasteiger partial charge in [0.2, 0.25) is 5.91 Å². The van der Waals surface area contributed by atoms with E-state index in [-0.39, 0.29) is 11.7 Å². The molecule has 2 aromatic rings. The lowest BCUT2D eigenvalue weighted by atomic mass is 10.1. The van der Waals surface area contributed by atoms with Gasteiger partial charge in [0, 0.05) is 11.3 Å². The molecule has 0 aliphatic rings. The first kappa shape index (κ1) is 13.6. The summed E-state index contributed by atoms with van der Waals surface area (Å²) in [6, 6.07) is 13.6. The van der Waals surface area contributed by atoms with Crippen LogP contribution in [0.2, 0.25) is 0 Å². The highest BCUT2D eigenvalue weighted by molar-refractivity contribution is 6.32. The van der Waals surface area contributed by atoms with Gasteiger partial charge in [-0.2, -0.15) is 0 Å². The van der Waals surface area contributed by atoms with Crippen molar-refractivity contribution in [2.45, 2.75) is 12.3 Å². The van der Waals surface area contributed by atoms with E-state index in [1.54, 1.807) is 31.2 Å². The predicted octanol–water partition coefficient (Wildman–Crippen LogP) is 4.05. The van der Waals surface area contributed by atoms with Crippen LogP contribution in [0.1, 0.15) is 16.5 Å². The second-order valence-electron chi connectivity index (χ2n) is 4.17. The van der Waals surface area contributed by atoms with Crippen molar-refractivity contribution in [3.05, 3.63) is 65.5 Å². The Kier molecular flexibility index (Phi) is 4.17. The van der Waals surface area contributed by atoms with E-state index in [2.05, 4.69) is 5.32 Å². The van der Waals surface area contributed by atoms with Gasteiger partial charge in [0.05, 0.1) is 0 Å². The van der Waals surface area contributed by atoms with Crippen molar-refractivity contribution >= 4 is 23.2 Å². The first-order valence-electron chi connectivity index (χ1n) is 5.84. The third-order valence-corrected chi connectivity index (χ3v) is 3.30. The topological polar surface area (TPSA) is 29.1 Å². The molecule has 0 spiro atoms. The van der Waals surface area contributed by atoms with Crippen LogP contribution in [0.3, 0.4) is 0 Å². The van der Waals surface area contributed by atoms with Crippen molar-refractivity contribution in [2.75, 3.05) is 5.32 Å². The van der Waals surface area contributed by atoms with Gasteiger partial charge in [-0.15, -0.1) is 11.6 Å². The van der Waals surface area contributed by atoms with Gasteiger partial charge in [-0.3, -0.25) is 4.79 Å². The average Bonchev–Trinajstić information content (AvgIpc) is 2.44. The smallest absolute Gasteiger partial charge is 0.246 e. The molecule has 0 bridgehead atoms. The maximum absolute atomic E-state index is 13.4. The van der Waals surface area contributed by atoms with Gasteiger partial charge < -0.3 is 5.32 Å². The van der Waals surface area contributed by atoms with Crippen LogP contribution in [-0.2, 0) is 4.79 Å². The summed E-state index contributed by atoms with van der Waals surface area (Å²) in [7, 11) is 0. The Morgan fingerprint density at radius 1 is 1.16 bits per heavy atom. The predicted molar refractivity (Wildman–Crippen MR) is 74.8 cm³/mol.